The Kier molecular flexibility index (Phi) is 9.85. The Morgan fingerprint density at radius 3 is 1.66 bits per heavy atom. The van der Waals surface area contributed by atoms with Crippen LogP contribution in [0, 0.1) is 0 Å². The van der Waals surface area contributed by atoms with E-state index in [0.29, 0.717) is 0 Å². The van der Waals surface area contributed by atoms with E-state index in [2.05, 4.69) is 289 Å². The van der Waals surface area contributed by atoms with Crippen molar-refractivity contribution in [1.29, 1.82) is 0 Å². The second kappa shape index (κ2) is 16.7. The van der Waals surface area contributed by atoms with E-state index in [9.17, 15) is 0 Å². The molecule has 332 valence electrons. The minimum absolute atomic E-state index is 0.158. The number of hydrogen-bond donors (Lipinski definition) is 0. The molecule has 1 aliphatic carbocycles. The molecule has 70 heavy (non-hydrogen) atoms. The maximum atomic E-state index is 2.45. The fourth-order valence-electron chi connectivity index (χ4n) is 11.1. The van der Waals surface area contributed by atoms with Crippen molar-refractivity contribution in [3.8, 4) is 39.1 Å². The summed E-state index contributed by atoms with van der Waals surface area (Å²) in [5.74, 6) is 0. The van der Waals surface area contributed by atoms with Crippen molar-refractivity contribution in [3.63, 3.8) is 0 Å². The number of fused-ring (bicyclic) bond motifs is 7. The summed E-state index contributed by atoms with van der Waals surface area (Å²) < 4.78 is 2.41. The van der Waals surface area contributed by atoms with E-state index in [0.717, 1.165) is 50.9 Å². The molecule has 1 heterocycles. The molecule has 12 aromatic rings. The molecule has 0 fully saturated rings. The van der Waals surface area contributed by atoms with Crippen LogP contribution in [-0.4, -0.2) is 4.57 Å². The van der Waals surface area contributed by atoms with Gasteiger partial charge in [-0.3, -0.25) is 0 Å². The summed E-state index contributed by atoms with van der Waals surface area (Å²) in [7, 11) is 0. The van der Waals surface area contributed by atoms with E-state index in [1.807, 2.05) is 0 Å². The van der Waals surface area contributed by atoms with Crippen LogP contribution < -0.4 is 9.80 Å². The van der Waals surface area contributed by atoms with Gasteiger partial charge in [-0.1, -0.05) is 184 Å². The molecule has 1 aliphatic rings. The van der Waals surface area contributed by atoms with Crippen LogP contribution in [0.2, 0.25) is 0 Å². The van der Waals surface area contributed by atoms with Gasteiger partial charge in [0.05, 0.1) is 16.7 Å². The molecule has 3 nitrogen and oxygen atoms in total. The molecule has 0 N–H and O–H groups in total. The lowest BCUT2D eigenvalue weighted by atomic mass is 9.82. The minimum Gasteiger partial charge on any atom is -0.310 e. The normalized spacial score (nSPS) is 12.5. The van der Waals surface area contributed by atoms with Gasteiger partial charge in [-0.25, -0.2) is 0 Å². The van der Waals surface area contributed by atoms with Crippen molar-refractivity contribution in [2.45, 2.75) is 19.3 Å². The Labute approximate surface area is 409 Å². The summed E-state index contributed by atoms with van der Waals surface area (Å²) in [6, 6.07) is 95.6. The fourth-order valence-corrected chi connectivity index (χ4v) is 11.1. The molecule has 1 aromatic heterocycles. The standard InChI is InChI=1S/C67H49N3/c1-67(2)62-30-16-14-28-58(62)59-39-38-54(45-63(59)67)68(51-23-8-4-9-24-51)55-41-50(42-56(44-55)69(52-25-10-5-11-26-52)64-32-18-22-48-21-12-13-27-57(48)64)49-35-40-66-61(43-49)60-29-15-17-31-65(60)70(66)53-36-33-47(34-37-53)46-19-6-3-7-20-46/h3-45H,1-2H3. The van der Waals surface area contributed by atoms with Crippen LogP contribution in [0.25, 0.3) is 71.6 Å². The lowest BCUT2D eigenvalue weighted by Gasteiger charge is -2.31. The Hall–Kier alpha value is -8.92. The van der Waals surface area contributed by atoms with Crippen molar-refractivity contribution in [1.82, 2.24) is 4.57 Å². The quantitative estimate of drug-likeness (QED) is 0.143. The fraction of sp³-hybridized carbons (Fsp3) is 0.0448. The molecule has 0 saturated heterocycles. The van der Waals surface area contributed by atoms with Crippen molar-refractivity contribution in [3.05, 3.63) is 272 Å². The summed E-state index contributed by atoms with van der Waals surface area (Å²) in [4.78, 5) is 4.88. The zero-order valence-corrected chi connectivity index (χ0v) is 39.2. The molecule has 0 saturated carbocycles. The molecule has 0 spiro atoms. The highest BCUT2D eigenvalue weighted by Crippen LogP contribution is 2.52. The molecule has 0 atom stereocenters. The second-order valence-electron chi connectivity index (χ2n) is 19.0. The van der Waals surface area contributed by atoms with Crippen LogP contribution in [0.15, 0.2) is 261 Å². The molecule has 3 heteroatoms. The number of nitrogens with zero attached hydrogens (tertiary/aromatic N) is 3. The van der Waals surface area contributed by atoms with Gasteiger partial charge in [-0.15, -0.1) is 0 Å². The molecule has 0 aliphatic heterocycles. The predicted molar refractivity (Wildman–Crippen MR) is 296 cm³/mol. The van der Waals surface area contributed by atoms with E-state index in [1.165, 1.54) is 66.0 Å². The number of hydrogen-bond acceptors (Lipinski definition) is 2. The zero-order valence-electron chi connectivity index (χ0n) is 39.2. The van der Waals surface area contributed by atoms with Gasteiger partial charge in [0, 0.05) is 55.7 Å². The molecule has 13 rings (SSSR count). The molecule has 0 radical (unpaired) electrons. The molecule has 0 unspecified atom stereocenters. The average molecular weight is 896 g/mol. The van der Waals surface area contributed by atoms with Crippen molar-refractivity contribution >= 4 is 66.7 Å². The summed E-state index contributed by atoms with van der Waals surface area (Å²) in [5, 5.41) is 4.81. The van der Waals surface area contributed by atoms with E-state index >= 15 is 0 Å². The second-order valence-corrected chi connectivity index (χ2v) is 19.0. The zero-order chi connectivity index (χ0) is 46.8. The van der Waals surface area contributed by atoms with Crippen LogP contribution in [0.4, 0.5) is 34.1 Å². The van der Waals surface area contributed by atoms with Gasteiger partial charge >= 0.3 is 0 Å². The smallest absolute Gasteiger partial charge is 0.0541 e. The maximum Gasteiger partial charge on any atom is 0.0541 e. The van der Waals surface area contributed by atoms with Crippen LogP contribution in [0.3, 0.4) is 0 Å². The monoisotopic (exact) mass is 895 g/mol. The number of rotatable bonds is 9. The number of para-hydroxylation sites is 3. The van der Waals surface area contributed by atoms with Crippen molar-refractivity contribution in [2.75, 3.05) is 9.80 Å². The predicted octanol–water partition coefficient (Wildman–Crippen LogP) is 18.5. The first-order valence-electron chi connectivity index (χ1n) is 24.3. The summed E-state index contributed by atoms with van der Waals surface area (Å²) >= 11 is 0. The lowest BCUT2D eigenvalue weighted by molar-refractivity contribution is 0.660. The van der Waals surface area contributed by atoms with E-state index in [-0.39, 0.29) is 5.41 Å². The molecular formula is C67H49N3. The minimum atomic E-state index is -0.158. The molecular weight excluding hydrogens is 847 g/mol. The highest BCUT2D eigenvalue weighted by atomic mass is 15.2. The first-order valence-corrected chi connectivity index (χ1v) is 24.3. The van der Waals surface area contributed by atoms with Crippen molar-refractivity contribution in [2.24, 2.45) is 0 Å². The largest absolute Gasteiger partial charge is 0.310 e. The Morgan fingerprint density at radius 1 is 0.314 bits per heavy atom. The maximum absolute atomic E-state index is 2.45. The molecule has 0 amide bonds. The van der Waals surface area contributed by atoms with Crippen molar-refractivity contribution < 1.29 is 0 Å². The first-order chi connectivity index (χ1) is 34.5. The van der Waals surface area contributed by atoms with Gasteiger partial charge in [-0.2, -0.15) is 0 Å². The average Bonchev–Trinajstić information content (AvgIpc) is 3.87. The van der Waals surface area contributed by atoms with E-state index in [1.54, 1.807) is 0 Å². The lowest BCUT2D eigenvalue weighted by Crippen LogP contribution is -2.17. The SMILES string of the molecule is CC1(C)c2ccccc2-c2ccc(N(c3ccccc3)c3cc(-c4ccc5c(c4)c4ccccc4n5-c4ccc(-c5ccccc5)cc4)cc(N(c4ccccc4)c4cccc5ccccc45)c3)cc21. The summed E-state index contributed by atoms with van der Waals surface area (Å²) in [6.45, 7) is 4.73. The molecule has 0 bridgehead atoms. The number of anilines is 6. The Bertz CT molecular complexity index is 3900. The third-order valence-electron chi connectivity index (χ3n) is 14.5. The van der Waals surface area contributed by atoms with Crippen LogP contribution >= 0.6 is 0 Å². The van der Waals surface area contributed by atoms with Gasteiger partial charge in [0.15, 0.2) is 0 Å². The third-order valence-corrected chi connectivity index (χ3v) is 14.5. The molecule has 11 aromatic carbocycles. The Balaban J connectivity index is 1.04. The summed E-state index contributed by atoms with van der Waals surface area (Å²) in [6.07, 6.45) is 0. The van der Waals surface area contributed by atoms with Gasteiger partial charge in [0.2, 0.25) is 0 Å². The van der Waals surface area contributed by atoms with E-state index < -0.39 is 0 Å². The van der Waals surface area contributed by atoms with E-state index in [4.69, 9.17) is 0 Å². The highest BCUT2D eigenvalue weighted by molar-refractivity contribution is 6.11. The van der Waals surface area contributed by atoms with Crippen LogP contribution in [0.5, 0.6) is 0 Å². The highest BCUT2D eigenvalue weighted by Gasteiger charge is 2.36. The van der Waals surface area contributed by atoms with Gasteiger partial charge < -0.3 is 14.4 Å². The Morgan fingerprint density at radius 2 is 0.886 bits per heavy atom. The van der Waals surface area contributed by atoms with Crippen LogP contribution in [-0.2, 0) is 5.41 Å². The number of benzene rings is 11. The first kappa shape index (κ1) is 41.3. The number of aromatic nitrogens is 1. The summed E-state index contributed by atoms with van der Waals surface area (Å²) in [5.41, 5.74) is 19.9. The third kappa shape index (κ3) is 6.89. The van der Waals surface area contributed by atoms with Crippen LogP contribution in [0.1, 0.15) is 25.0 Å². The topological polar surface area (TPSA) is 11.4 Å². The van der Waals surface area contributed by atoms with Gasteiger partial charge in [-0.05, 0) is 141 Å². The van der Waals surface area contributed by atoms with Gasteiger partial charge in [0.1, 0.15) is 0 Å². The van der Waals surface area contributed by atoms with Gasteiger partial charge in [0.25, 0.3) is 0 Å².